The number of hydrogen-bond acceptors (Lipinski definition) is 6. The second kappa shape index (κ2) is 5.90. The fraction of sp³-hybridized carbons (Fsp3) is 1.00. The molecule has 1 rings (SSSR count). The summed E-state index contributed by atoms with van der Waals surface area (Å²) in [6.07, 6.45) is -1.16. The Labute approximate surface area is 95.4 Å². The zero-order chi connectivity index (χ0) is 12.2. The van der Waals surface area contributed by atoms with Crippen molar-refractivity contribution in [2.24, 2.45) is 0 Å². The van der Waals surface area contributed by atoms with Crippen LogP contribution < -0.4 is 0 Å². The van der Waals surface area contributed by atoms with Crippen LogP contribution in [0.4, 0.5) is 0 Å². The van der Waals surface area contributed by atoms with Crippen molar-refractivity contribution >= 4 is 0 Å². The summed E-state index contributed by atoms with van der Waals surface area (Å²) in [5, 5.41) is 9.39. The largest absolute Gasteiger partial charge is 0.391 e. The average molecular weight is 236 g/mol. The van der Waals surface area contributed by atoms with Crippen LogP contribution in [0.5, 0.6) is 0 Å². The molecule has 1 fully saturated rings. The summed E-state index contributed by atoms with van der Waals surface area (Å²) >= 11 is 0. The second-order valence-corrected chi connectivity index (χ2v) is 3.64. The first-order chi connectivity index (χ1) is 7.68. The summed E-state index contributed by atoms with van der Waals surface area (Å²) in [4.78, 5) is 0. The molecule has 4 atom stereocenters. The van der Waals surface area contributed by atoms with Gasteiger partial charge in [0, 0.05) is 28.4 Å². The van der Waals surface area contributed by atoms with Gasteiger partial charge in [0.25, 0.3) is 0 Å². The molecule has 0 bridgehead atoms. The van der Waals surface area contributed by atoms with Gasteiger partial charge in [-0.15, -0.1) is 0 Å². The molecular weight excluding hydrogens is 216 g/mol. The number of hydrogen-bond donors (Lipinski definition) is 1. The van der Waals surface area contributed by atoms with Gasteiger partial charge in [-0.25, -0.2) is 0 Å². The average Bonchev–Trinajstić information content (AvgIpc) is 2.63. The van der Waals surface area contributed by atoms with Crippen LogP contribution >= 0.6 is 0 Å². The first kappa shape index (κ1) is 13.8. The third-order valence-corrected chi connectivity index (χ3v) is 2.87. The topological polar surface area (TPSA) is 66.4 Å². The molecule has 1 heterocycles. The van der Waals surface area contributed by atoms with Gasteiger partial charge in [-0.3, -0.25) is 0 Å². The number of ether oxygens (including phenoxy) is 5. The van der Waals surface area contributed by atoms with Crippen LogP contribution in [-0.4, -0.2) is 70.9 Å². The number of aliphatic hydroxyl groups is 1. The fourth-order valence-corrected chi connectivity index (χ4v) is 2.07. The van der Waals surface area contributed by atoms with E-state index in [4.69, 9.17) is 23.7 Å². The summed E-state index contributed by atoms with van der Waals surface area (Å²) in [6.45, 7) is 0.0472. The summed E-state index contributed by atoms with van der Waals surface area (Å²) in [5.41, 5.74) is 0. The van der Waals surface area contributed by atoms with E-state index in [0.717, 1.165) is 0 Å². The predicted octanol–water partition coefficient (Wildman–Crippen LogP) is -0.603. The van der Waals surface area contributed by atoms with E-state index in [-0.39, 0.29) is 18.8 Å². The summed E-state index contributed by atoms with van der Waals surface area (Å²) < 4.78 is 26.5. The minimum absolute atomic E-state index is 0.303. The quantitative estimate of drug-likeness (QED) is 0.664. The first-order valence-electron chi connectivity index (χ1n) is 5.07. The van der Waals surface area contributed by atoms with Crippen molar-refractivity contribution in [3.63, 3.8) is 0 Å². The Morgan fingerprint density at radius 1 is 1.19 bits per heavy atom. The normalized spacial score (nSPS) is 39.2. The highest BCUT2D eigenvalue weighted by Gasteiger charge is 2.56. The van der Waals surface area contributed by atoms with Crippen LogP contribution in [0.1, 0.15) is 0 Å². The molecule has 4 unspecified atom stereocenters. The lowest BCUT2D eigenvalue weighted by Gasteiger charge is -2.30. The Morgan fingerprint density at radius 2 is 1.88 bits per heavy atom. The molecule has 16 heavy (non-hydrogen) atoms. The van der Waals surface area contributed by atoms with E-state index in [1.165, 1.54) is 14.2 Å². The minimum Gasteiger partial charge on any atom is -0.391 e. The maximum Gasteiger partial charge on any atom is 0.221 e. The summed E-state index contributed by atoms with van der Waals surface area (Å²) in [5.74, 6) is -1.18. The molecule has 0 radical (unpaired) electrons. The lowest BCUT2D eigenvalue weighted by Crippen LogP contribution is -2.49. The predicted molar refractivity (Wildman–Crippen MR) is 55.2 cm³/mol. The molecular formula is C10H20O6. The number of methoxy groups -OCH3 is 4. The van der Waals surface area contributed by atoms with Gasteiger partial charge in [0.1, 0.15) is 24.9 Å². The van der Waals surface area contributed by atoms with Gasteiger partial charge in [0.2, 0.25) is 5.79 Å². The molecule has 0 aromatic heterocycles. The van der Waals surface area contributed by atoms with Crippen molar-refractivity contribution in [3.8, 4) is 0 Å². The second-order valence-electron chi connectivity index (χ2n) is 3.64. The highest BCUT2D eigenvalue weighted by Crippen LogP contribution is 2.35. The fourth-order valence-electron chi connectivity index (χ4n) is 2.07. The van der Waals surface area contributed by atoms with Gasteiger partial charge in [-0.05, 0) is 0 Å². The maximum absolute atomic E-state index is 9.39. The number of rotatable bonds is 6. The van der Waals surface area contributed by atoms with Crippen LogP contribution in [-0.2, 0) is 23.7 Å². The molecule has 0 aliphatic carbocycles. The van der Waals surface area contributed by atoms with E-state index in [1.54, 1.807) is 14.2 Å². The standard InChI is InChI=1S/C10H20O6/c1-12-5-7-8(13-2)9(14-3)10(6-11,15-4)16-7/h7-9,11H,5-6H2,1-4H3. The Bertz CT molecular complexity index is 205. The molecule has 0 saturated carbocycles. The van der Waals surface area contributed by atoms with Crippen LogP contribution in [0.2, 0.25) is 0 Å². The highest BCUT2D eigenvalue weighted by molar-refractivity contribution is 4.98. The van der Waals surface area contributed by atoms with Crippen molar-refractivity contribution in [1.82, 2.24) is 0 Å². The van der Waals surface area contributed by atoms with Gasteiger partial charge < -0.3 is 28.8 Å². The first-order valence-corrected chi connectivity index (χ1v) is 5.07. The van der Waals surface area contributed by atoms with Gasteiger partial charge in [-0.2, -0.15) is 0 Å². The summed E-state index contributed by atoms with van der Waals surface area (Å²) in [6, 6.07) is 0. The van der Waals surface area contributed by atoms with Crippen molar-refractivity contribution in [3.05, 3.63) is 0 Å². The Kier molecular flexibility index (Phi) is 5.10. The molecule has 6 heteroatoms. The van der Waals surface area contributed by atoms with Gasteiger partial charge in [0.15, 0.2) is 0 Å². The minimum atomic E-state index is -1.18. The van der Waals surface area contributed by atoms with E-state index < -0.39 is 11.9 Å². The lowest BCUT2D eigenvalue weighted by atomic mass is 10.1. The van der Waals surface area contributed by atoms with Gasteiger partial charge in [-0.1, -0.05) is 0 Å². The highest BCUT2D eigenvalue weighted by atomic mass is 16.8. The zero-order valence-corrected chi connectivity index (χ0v) is 10.1. The van der Waals surface area contributed by atoms with Gasteiger partial charge >= 0.3 is 0 Å². The van der Waals surface area contributed by atoms with Crippen LogP contribution in [0.15, 0.2) is 0 Å². The molecule has 96 valence electrons. The van der Waals surface area contributed by atoms with E-state index in [1.807, 2.05) is 0 Å². The maximum atomic E-state index is 9.39. The molecule has 1 aliphatic heterocycles. The van der Waals surface area contributed by atoms with E-state index >= 15 is 0 Å². The Morgan fingerprint density at radius 3 is 2.25 bits per heavy atom. The molecule has 6 nitrogen and oxygen atoms in total. The lowest BCUT2D eigenvalue weighted by molar-refractivity contribution is -0.268. The third-order valence-electron chi connectivity index (χ3n) is 2.87. The SMILES string of the molecule is COCC1OC(CO)(OC)C(OC)C1OC. The Hall–Kier alpha value is -0.240. The van der Waals surface area contributed by atoms with Gasteiger partial charge in [0.05, 0.1) is 6.61 Å². The van der Waals surface area contributed by atoms with E-state index in [9.17, 15) is 5.11 Å². The zero-order valence-electron chi connectivity index (χ0n) is 10.1. The molecule has 1 aliphatic rings. The molecule has 0 aromatic carbocycles. The van der Waals surface area contributed by atoms with Crippen LogP contribution in [0, 0.1) is 0 Å². The van der Waals surface area contributed by atoms with E-state index in [0.29, 0.717) is 6.61 Å². The van der Waals surface area contributed by atoms with Crippen molar-refractivity contribution in [2.45, 2.75) is 24.1 Å². The number of aliphatic hydroxyl groups excluding tert-OH is 1. The Balaban J connectivity index is 2.88. The van der Waals surface area contributed by atoms with Crippen LogP contribution in [0.25, 0.3) is 0 Å². The molecule has 0 spiro atoms. The van der Waals surface area contributed by atoms with Crippen molar-refractivity contribution < 1.29 is 28.8 Å². The van der Waals surface area contributed by atoms with Crippen molar-refractivity contribution in [1.29, 1.82) is 0 Å². The smallest absolute Gasteiger partial charge is 0.221 e. The van der Waals surface area contributed by atoms with E-state index in [2.05, 4.69) is 0 Å². The molecule has 1 saturated heterocycles. The summed E-state index contributed by atoms with van der Waals surface area (Å²) in [7, 11) is 6.12. The molecule has 0 aromatic rings. The van der Waals surface area contributed by atoms with Crippen molar-refractivity contribution in [2.75, 3.05) is 41.7 Å². The van der Waals surface area contributed by atoms with Crippen LogP contribution in [0.3, 0.4) is 0 Å². The monoisotopic (exact) mass is 236 g/mol. The molecule has 0 amide bonds. The molecule has 1 N–H and O–H groups in total. The third kappa shape index (κ3) is 2.22.